The molecule has 0 amide bonds. The maximum Gasteiger partial charge on any atom is 0.335 e. The normalized spacial score (nSPS) is 52.8. The van der Waals surface area contributed by atoms with Gasteiger partial charge in [-0.2, -0.15) is 0 Å². The number of aliphatic hydroxyl groups excluding tert-OH is 12. The fourth-order valence-electron chi connectivity index (χ4n) is 16.3. The first-order chi connectivity index (χ1) is 35.5. The minimum Gasteiger partial charge on any atom is -0.479 e. The molecule has 27 atom stereocenters. The predicted molar refractivity (Wildman–Crippen MR) is 257 cm³/mol. The second-order valence-corrected chi connectivity index (χ2v) is 25.8. The Hall–Kier alpha value is -2.08. The summed E-state index contributed by atoms with van der Waals surface area (Å²) in [7, 11) is 0. The number of carbonyl (C=O) groups excluding carboxylic acids is 1. The molecule has 0 aromatic heterocycles. The number of aliphatic carboxylic acids is 1. The van der Waals surface area contributed by atoms with E-state index in [0.717, 1.165) is 25.7 Å². The second-order valence-electron chi connectivity index (χ2n) is 25.8. The summed E-state index contributed by atoms with van der Waals surface area (Å²) >= 11 is 0. The maximum absolute atomic E-state index is 14.8. The minimum atomic E-state index is -2.03. The number of rotatable bonds is 12. The third kappa shape index (κ3) is 9.33. The number of carboxylic acids is 1. The van der Waals surface area contributed by atoms with Crippen LogP contribution in [0.5, 0.6) is 0 Å². The smallest absolute Gasteiger partial charge is 0.335 e. The van der Waals surface area contributed by atoms with E-state index in [1.54, 1.807) is 0 Å². The molecule has 76 heavy (non-hydrogen) atoms. The molecule has 23 nitrogen and oxygen atoms in total. The molecule has 4 saturated carbocycles. The number of carboxylic acid groups (broad SMARTS) is 1. The lowest BCUT2D eigenvalue weighted by Crippen LogP contribution is -2.68. The molecular formula is C53H84O23. The zero-order valence-electron chi connectivity index (χ0n) is 44.4. The van der Waals surface area contributed by atoms with Gasteiger partial charge in [0, 0.05) is 0 Å². The summed E-state index contributed by atoms with van der Waals surface area (Å²) in [6.07, 6.45) is -24.5. The Balaban J connectivity index is 0.970. The van der Waals surface area contributed by atoms with Crippen LogP contribution in [0.2, 0.25) is 0 Å². The van der Waals surface area contributed by atoms with E-state index in [2.05, 4.69) is 54.5 Å². The minimum absolute atomic E-state index is 0.0281. The number of ether oxygens (including phenoxy) is 8. The molecule has 5 unspecified atom stereocenters. The van der Waals surface area contributed by atoms with Crippen molar-refractivity contribution >= 4 is 11.9 Å². The van der Waals surface area contributed by atoms with Crippen LogP contribution in [0.4, 0.5) is 0 Å². The molecule has 8 fully saturated rings. The molecule has 23 heteroatoms. The standard InChI is InChI=1S/C53H84O23/c1-48(2)14-16-53(47(68)76-45-37(64)34(61)31(58)25(20-55)71-45)17-15-51(6)22(23(53)18-48)8-9-28-50(5)12-11-29(49(3,4)27(50)10-13-52(28,51)7)72-46-38(65)39(73-44-36(63)33(60)30(57)24(19-54)69-44)40(41(75-46)42(66)67)74-43-35(62)32(59)26(21-56)70-43/h8,23-41,43-46,54-65H,9-21H2,1-7H3,(H,66,67)/t23?,24-,25+,26+,27?,28?,29?,30-,31-,32+,33+,34-,35-,36-,37+,38-,39-,40+,41+,43+,44+,45-,46-,50+,51?,52-,53+/m1/s1. The van der Waals surface area contributed by atoms with Crippen LogP contribution in [0.15, 0.2) is 11.6 Å². The summed E-state index contributed by atoms with van der Waals surface area (Å²) in [4.78, 5) is 27.9. The quantitative estimate of drug-likeness (QED) is 0.0613. The molecule has 4 heterocycles. The molecule has 4 aliphatic heterocycles. The van der Waals surface area contributed by atoms with Gasteiger partial charge in [-0.05, 0) is 109 Å². The lowest BCUT2D eigenvalue weighted by molar-refractivity contribution is -0.378. The Morgan fingerprint density at radius 2 is 1.08 bits per heavy atom. The summed E-state index contributed by atoms with van der Waals surface area (Å²) in [5, 5.41) is 138. The Morgan fingerprint density at radius 1 is 0.566 bits per heavy atom. The Kier molecular flexibility index (Phi) is 16.2. The fraction of sp³-hybridized carbons (Fsp3) is 0.925. The number of hydrogen-bond acceptors (Lipinski definition) is 22. The van der Waals surface area contributed by atoms with Crippen molar-refractivity contribution in [3.8, 4) is 0 Å². The molecule has 0 aromatic carbocycles. The average molecular weight is 1090 g/mol. The Bertz CT molecular complexity index is 2140. The highest BCUT2D eigenvalue weighted by atomic mass is 16.8. The van der Waals surface area contributed by atoms with Crippen molar-refractivity contribution in [2.24, 2.45) is 50.2 Å². The molecule has 0 radical (unpaired) electrons. The second kappa shape index (κ2) is 21.0. The molecule has 434 valence electrons. The third-order valence-corrected chi connectivity index (χ3v) is 21.0. The summed E-state index contributed by atoms with van der Waals surface area (Å²) < 4.78 is 47.6. The van der Waals surface area contributed by atoms with Crippen molar-refractivity contribution in [1.82, 2.24) is 0 Å². The van der Waals surface area contributed by atoms with Crippen LogP contribution in [0, 0.1) is 50.2 Å². The number of hydrogen-bond donors (Lipinski definition) is 13. The maximum atomic E-state index is 14.8. The monoisotopic (exact) mass is 1090 g/mol. The molecule has 9 aliphatic rings. The van der Waals surface area contributed by atoms with E-state index >= 15 is 0 Å². The van der Waals surface area contributed by atoms with Gasteiger partial charge in [-0.3, -0.25) is 4.79 Å². The molecule has 0 aromatic rings. The van der Waals surface area contributed by atoms with Crippen molar-refractivity contribution in [1.29, 1.82) is 0 Å². The Labute approximate surface area is 442 Å². The van der Waals surface area contributed by atoms with Crippen LogP contribution in [0.3, 0.4) is 0 Å². The van der Waals surface area contributed by atoms with Gasteiger partial charge >= 0.3 is 11.9 Å². The number of allylic oxidation sites excluding steroid dienone is 2. The van der Waals surface area contributed by atoms with Crippen molar-refractivity contribution in [2.75, 3.05) is 19.8 Å². The number of aliphatic hydroxyl groups is 12. The summed E-state index contributed by atoms with van der Waals surface area (Å²) in [5.41, 5.74) is -1.33. The first-order valence-electron chi connectivity index (χ1n) is 27.2. The van der Waals surface area contributed by atoms with Crippen LogP contribution >= 0.6 is 0 Å². The first kappa shape index (κ1) is 58.6. The summed E-state index contributed by atoms with van der Waals surface area (Å²) in [5.74, 6) is -2.16. The van der Waals surface area contributed by atoms with Gasteiger partial charge in [-0.1, -0.05) is 60.1 Å². The molecule has 0 bridgehead atoms. The van der Waals surface area contributed by atoms with Gasteiger partial charge in [0.2, 0.25) is 6.29 Å². The van der Waals surface area contributed by atoms with E-state index in [1.165, 1.54) is 5.57 Å². The van der Waals surface area contributed by atoms with Gasteiger partial charge in [0.05, 0.1) is 31.3 Å². The fourth-order valence-corrected chi connectivity index (χ4v) is 16.3. The van der Waals surface area contributed by atoms with E-state index in [4.69, 9.17) is 37.9 Å². The van der Waals surface area contributed by atoms with Crippen molar-refractivity contribution in [2.45, 2.75) is 235 Å². The van der Waals surface area contributed by atoms with E-state index in [9.17, 15) is 76.0 Å². The largest absolute Gasteiger partial charge is 0.479 e. The summed E-state index contributed by atoms with van der Waals surface area (Å²) in [6.45, 7) is 13.5. The lowest BCUT2D eigenvalue weighted by atomic mass is 9.33. The van der Waals surface area contributed by atoms with Gasteiger partial charge < -0.3 is 104 Å². The van der Waals surface area contributed by atoms with Gasteiger partial charge in [-0.15, -0.1) is 0 Å². The highest BCUT2D eigenvalue weighted by molar-refractivity contribution is 5.79. The number of carbonyl (C=O) groups is 2. The molecule has 4 saturated heterocycles. The Morgan fingerprint density at radius 3 is 1.66 bits per heavy atom. The molecule has 5 aliphatic carbocycles. The van der Waals surface area contributed by atoms with E-state index in [0.29, 0.717) is 38.5 Å². The van der Waals surface area contributed by atoms with Crippen LogP contribution in [0.1, 0.15) is 113 Å². The van der Waals surface area contributed by atoms with Crippen molar-refractivity contribution in [3.63, 3.8) is 0 Å². The van der Waals surface area contributed by atoms with Gasteiger partial charge in [0.25, 0.3) is 0 Å². The topological polar surface area (TPSA) is 371 Å². The van der Waals surface area contributed by atoms with E-state index in [1.807, 2.05) is 0 Å². The number of fused-ring (bicyclic) bond motifs is 7. The van der Waals surface area contributed by atoms with Crippen LogP contribution < -0.4 is 0 Å². The predicted octanol–water partition coefficient (Wildman–Crippen LogP) is -1.30. The summed E-state index contributed by atoms with van der Waals surface area (Å²) in [6, 6.07) is 0. The number of esters is 1. The van der Waals surface area contributed by atoms with Crippen LogP contribution in [-0.4, -0.2) is 221 Å². The van der Waals surface area contributed by atoms with Gasteiger partial charge in [0.15, 0.2) is 25.0 Å². The van der Waals surface area contributed by atoms with Crippen molar-refractivity contribution in [3.05, 3.63) is 11.6 Å². The molecule has 13 N–H and O–H groups in total. The first-order valence-corrected chi connectivity index (χ1v) is 27.2. The average Bonchev–Trinajstić information content (AvgIpc) is 3.66. The van der Waals surface area contributed by atoms with Crippen LogP contribution in [-0.2, 0) is 47.5 Å². The highest BCUT2D eigenvalue weighted by Gasteiger charge is 2.70. The van der Waals surface area contributed by atoms with Crippen molar-refractivity contribution < 1.29 is 114 Å². The SMILES string of the molecule is CC1(C)CC[C@]2(C(=O)O[C@H]3O[C@@H](CO)[C@@H](O)[C@@H](O)[C@@H]3O)CCC3(C)C(=CCC4[C@@]5(C)CCC(O[C@@H]6O[C@H](C(=O)O)[C@@H](O[C@@H]7O[C@@H](CO)[C@H](O)[C@H]7O)[C@H](O[C@@H]7O[C@H](CO)[C@@H](O)[C@H](O)[C@H]7O)[C@H]6O)C(C)(C)C5CC[C@]43C)C2C1. The zero-order chi connectivity index (χ0) is 55.6. The van der Waals surface area contributed by atoms with Crippen LogP contribution in [0.25, 0.3) is 0 Å². The zero-order valence-corrected chi connectivity index (χ0v) is 44.4. The van der Waals surface area contributed by atoms with E-state index in [-0.39, 0.29) is 39.4 Å². The molecular weight excluding hydrogens is 1000 g/mol. The third-order valence-electron chi connectivity index (χ3n) is 21.0. The van der Waals surface area contributed by atoms with E-state index < -0.39 is 165 Å². The van der Waals surface area contributed by atoms with Gasteiger partial charge in [-0.25, -0.2) is 4.79 Å². The lowest BCUT2D eigenvalue weighted by Gasteiger charge is -2.71. The van der Waals surface area contributed by atoms with Gasteiger partial charge in [0.1, 0.15) is 85.5 Å². The molecule has 9 rings (SSSR count). The molecule has 0 spiro atoms. The highest BCUT2D eigenvalue weighted by Crippen LogP contribution is 2.76.